The van der Waals surface area contributed by atoms with Gasteiger partial charge in [0.15, 0.2) is 0 Å². The SMILES string of the molecule is COc1ncccc1Nc1cc2nc3ccccc3n(-c3ccccc3)c-2c/c1=N/C1CCN(C)CC1. The van der Waals surface area contributed by atoms with Gasteiger partial charge in [-0.3, -0.25) is 4.99 Å². The number of fused-ring (bicyclic) bond motifs is 2. The zero-order chi connectivity index (χ0) is 25.2. The number of rotatable bonds is 5. The molecule has 1 N–H and O–H groups in total. The fourth-order valence-corrected chi connectivity index (χ4v) is 5.02. The number of methoxy groups -OCH3 is 1. The fraction of sp³-hybridized carbons (Fsp3) is 0.233. The van der Waals surface area contributed by atoms with Crippen LogP contribution in [-0.2, 0) is 0 Å². The zero-order valence-corrected chi connectivity index (χ0v) is 21.1. The van der Waals surface area contributed by atoms with Crippen LogP contribution < -0.4 is 15.4 Å². The number of ether oxygens (including phenoxy) is 1. The largest absolute Gasteiger partial charge is 0.480 e. The molecule has 37 heavy (non-hydrogen) atoms. The topological polar surface area (TPSA) is 67.6 Å². The molecule has 1 saturated heterocycles. The maximum absolute atomic E-state index is 5.51. The normalized spacial score (nSPS) is 15.4. The number of nitrogens with zero attached hydrogens (tertiary/aromatic N) is 5. The highest BCUT2D eigenvalue weighted by Gasteiger charge is 2.19. The number of nitrogens with one attached hydrogen (secondary N) is 1. The molecule has 1 aliphatic carbocycles. The highest BCUT2D eigenvalue weighted by molar-refractivity contribution is 5.84. The zero-order valence-electron chi connectivity index (χ0n) is 21.1. The molecule has 0 spiro atoms. The standard InChI is InChI=1S/C30H30N6O/c1-35-17-14-21(15-18-35)32-26-20-29-27(19-25(26)34-24-12-8-16-31-30(24)37-2)33-23-11-6-7-13-28(23)36(29)22-9-4-3-5-10-22/h3-13,16,19-21,34H,14-15,17-18H2,1-2H3/b32-26-. The Morgan fingerprint density at radius 2 is 1.70 bits per heavy atom. The number of pyridine rings is 1. The molecule has 0 amide bonds. The minimum Gasteiger partial charge on any atom is -0.480 e. The summed E-state index contributed by atoms with van der Waals surface area (Å²) in [7, 11) is 3.81. The van der Waals surface area contributed by atoms with Crippen molar-refractivity contribution in [2.45, 2.75) is 18.9 Å². The molecular weight excluding hydrogens is 460 g/mol. The van der Waals surface area contributed by atoms with E-state index in [4.69, 9.17) is 14.7 Å². The van der Waals surface area contributed by atoms with Crippen molar-refractivity contribution < 1.29 is 4.74 Å². The molecule has 7 heteroatoms. The van der Waals surface area contributed by atoms with Gasteiger partial charge < -0.3 is 19.5 Å². The summed E-state index contributed by atoms with van der Waals surface area (Å²) in [6.07, 6.45) is 3.81. The maximum Gasteiger partial charge on any atom is 0.237 e. The minimum atomic E-state index is 0.267. The molecule has 2 aromatic carbocycles. The van der Waals surface area contributed by atoms with Gasteiger partial charge >= 0.3 is 0 Å². The predicted octanol–water partition coefficient (Wildman–Crippen LogP) is 5.27. The van der Waals surface area contributed by atoms with Crippen molar-refractivity contribution in [2.75, 3.05) is 32.6 Å². The van der Waals surface area contributed by atoms with E-state index < -0.39 is 0 Å². The van der Waals surface area contributed by atoms with Crippen LogP contribution in [0.1, 0.15) is 12.8 Å². The van der Waals surface area contributed by atoms with E-state index in [1.165, 1.54) is 0 Å². The van der Waals surface area contributed by atoms with E-state index in [2.05, 4.69) is 81.4 Å². The number of likely N-dealkylation sites (tertiary alicyclic amines) is 1. The monoisotopic (exact) mass is 490 g/mol. The van der Waals surface area contributed by atoms with Gasteiger partial charge in [-0.15, -0.1) is 0 Å². The van der Waals surface area contributed by atoms with Crippen LogP contribution in [0.4, 0.5) is 11.4 Å². The van der Waals surface area contributed by atoms with Crippen LogP contribution in [-0.4, -0.2) is 52.7 Å². The molecule has 2 aliphatic heterocycles. The molecule has 3 aromatic rings. The number of hydrogen-bond acceptors (Lipinski definition) is 6. The van der Waals surface area contributed by atoms with Gasteiger partial charge in [-0.25, -0.2) is 9.97 Å². The lowest BCUT2D eigenvalue weighted by molar-refractivity contribution is 0.255. The lowest BCUT2D eigenvalue weighted by Crippen LogP contribution is -2.33. The Balaban J connectivity index is 1.60. The maximum atomic E-state index is 5.51. The number of piperidine rings is 1. The van der Waals surface area contributed by atoms with Crippen LogP contribution in [0, 0.1) is 0 Å². The second-order valence-corrected chi connectivity index (χ2v) is 9.48. The van der Waals surface area contributed by atoms with Gasteiger partial charge in [-0.05, 0) is 81.5 Å². The summed E-state index contributed by atoms with van der Waals surface area (Å²) in [6, 6.07) is 27.1. The molecular formula is C30H30N6O. The second kappa shape index (κ2) is 10.0. The summed E-state index contributed by atoms with van der Waals surface area (Å²) in [5, 5.41) is 4.46. The Morgan fingerprint density at radius 3 is 2.51 bits per heavy atom. The lowest BCUT2D eigenvalue weighted by atomic mass is 10.1. The molecule has 0 saturated carbocycles. The molecule has 186 valence electrons. The van der Waals surface area contributed by atoms with Crippen molar-refractivity contribution >= 4 is 22.4 Å². The molecule has 0 atom stereocenters. The van der Waals surface area contributed by atoms with Crippen molar-refractivity contribution in [2.24, 2.45) is 4.99 Å². The first-order valence-corrected chi connectivity index (χ1v) is 12.7. The van der Waals surface area contributed by atoms with Gasteiger partial charge in [0.1, 0.15) is 5.69 Å². The summed E-state index contributed by atoms with van der Waals surface area (Å²) in [6.45, 7) is 2.11. The molecule has 3 aliphatic rings. The fourth-order valence-electron chi connectivity index (χ4n) is 5.02. The summed E-state index contributed by atoms with van der Waals surface area (Å²) in [4.78, 5) is 17.1. The highest BCUT2D eigenvalue weighted by Crippen LogP contribution is 2.31. The van der Waals surface area contributed by atoms with E-state index in [1.54, 1.807) is 13.3 Å². The molecule has 0 unspecified atom stereocenters. The van der Waals surface area contributed by atoms with E-state index in [1.807, 2.05) is 24.3 Å². The number of anilines is 2. The Hall–Kier alpha value is -4.23. The molecule has 0 radical (unpaired) electrons. The molecule has 7 nitrogen and oxygen atoms in total. The Bertz CT molecular complexity index is 1570. The quantitative estimate of drug-likeness (QED) is 0.340. The number of para-hydroxylation sites is 3. The number of benzene rings is 3. The van der Waals surface area contributed by atoms with Crippen LogP contribution in [0.25, 0.3) is 28.1 Å². The van der Waals surface area contributed by atoms with Crippen molar-refractivity contribution in [1.29, 1.82) is 0 Å². The minimum absolute atomic E-state index is 0.267. The van der Waals surface area contributed by atoms with Gasteiger partial charge in [-0.2, -0.15) is 0 Å². The average Bonchev–Trinajstić information content (AvgIpc) is 2.94. The van der Waals surface area contributed by atoms with Gasteiger partial charge in [0, 0.05) is 11.9 Å². The molecule has 6 rings (SSSR count). The van der Waals surface area contributed by atoms with E-state index in [-0.39, 0.29) is 6.04 Å². The van der Waals surface area contributed by atoms with Crippen molar-refractivity contribution in [3.05, 3.63) is 90.4 Å². The third-order valence-corrected chi connectivity index (χ3v) is 6.96. The summed E-state index contributed by atoms with van der Waals surface area (Å²) in [5.41, 5.74) is 6.66. The van der Waals surface area contributed by atoms with Crippen molar-refractivity contribution in [3.63, 3.8) is 0 Å². The van der Waals surface area contributed by atoms with Gasteiger partial charge in [-0.1, -0.05) is 30.3 Å². The van der Waals surface area contributed by atoms with Gasteiger partial charge in [0.05, 0.1) is 46.6 Å². The molecule has 0 bridgehead atoms. The van der Waals surface area contributed by atoms with E-state index in [0.717, 1.165) is 70.8 Å². The Morgan fingerprint density at radius 1 is 0.919 bits per heavy atom. The number of hydrogen-bond donors (Lipinski definition) is 1. The van der Waals surface area contributed by atoms with Gasteiger partial charge in [0.25, 0.3) is 0 Å². The smallest absolute Gasteiger partial charge is 0.237 e. The van der Waals surface area contributed by atoms with Crippen LogP contribution in [0.15, 0.2) is 90.1 Å². The summed E-state index contributed by atoms with van der Waals surface area (Å²) in [5.74, 6) is 0.540. The lowest BCUT2D eigenvalue weighted by Gasteiger charge is -2.27. The van der Waals surface area contributed by atoms with E-state index >= 15 is 0 Å². The molecule has 3 heterocycles. The molecule has 1 fully saturated rings. The average molecular weight is 491 g/mol. The Kier molecular flexibility index (Phi) is 6.28. The second-order valence-electron chi connectivity index (χ2n) is 9.48. The van der Waals surface area contributed by atoms with Crippen LogP contribution in [0.2, 0.25) is 0 Å². The first-order chi connectivity index (χ1) is 18.2. The third-order valence-electron chi connectivity index (χ3n) is 6.96. The van der Waals surface area contributed by atoms with Crippen LogP contribution in [0.3, 0.4) is 0 Å². The summed E-state index contributed by atoms with van der Waals surface area (Å²) < 4.78 is 7.79. The first-order valence-electron chi connectivity index (χ1n) is 12.7. The van der Waals surface area contributed by atoms with Crippen LogP contribution >= 0.6 is 0 Å². The highest BCUT2D eigenvalue weighted by atomic mass is 16.5. The van der Waals surface area contributed by atoms with Crippen LogP contribution in [0.5, 0.6) is 5.88 Å². The number of aromatic nitrogens is 3. The van der Waals surface area contributed by atoms with Crippen molar-refractivity contribution in [1.82, 2.24) is 19.4 Å². The third kappa shape index (κ3) is 4.66. The van der Waals surface area contributed by atoms with E-state index in [9.17, 15) is 0 Å². The molecule has 1 aromatic heterocycles. The first kappa shape index (κ1) is 23.2. The van der Waals surface area contributed by atoms with Crippen molar-refractivity contribution in [3.8, 4) is 23.0 Å². The predicted molar refractivity (Wildman–Crippen MR) is 148 cm³/mol. The van der Waals surface area contributed by atoms with E-state index in [0.29, 0.717) is 5.88 Å². The Labute approximate surface area is 216 Å². The summed E-state index contributed by atoms with van der Waals surface area (Å²) >= 11 is 0. The van der Waals surface area contributed by atoms with Gasteiger partial charge in [0.2, 0.25) is 5.88 Å².